The lowest BCUT2D eigenvalue weighted by Gasteiger charge is -2.15. The van der Waals surface area contributed by atoms with Crippen molar-refractivity contribution in [2.24, 2.45) is 22.4 Å². The van der Waals surface area contributed by atoms with Crippen LogP contribution in [-0.2, 0) is 4.79 Å². The van der Waals surface area contributed by atoms with Gasteiger partial charge in [0, 0.05) is 16.0 Å². The molecule has 0 unspecified atom stereocenters. The highest BCUT2D eigenvalue weighted by atomic mass is 79.9. The van der Waals surface area contributed by atoms with Crippen LogP contribution in [0.4, 0.5) is 0 Å². The van der Waals surface area contributed by atoms with Gasteiger partial charge in [0.1, 0.15) is 5.75 Å². The Morgan fingerprint density at radius 2 is 2.23 bits per heavy atom. The number of amides is 1. The van der Waals surface area contributed by atoms with Crippen LogP contribution < -0.4 is 5.43 Å². The Balaban J connectivity index is 1.65. The molecule has 2 saturated carbocycles. The van der Waals surface area contributed by atoms with Crippen molar-refractivity contribution in [3.05, 3.63) is 26.6 Å². The molecule has 2 N–H and O–H groups in total. The number of phenolic OH excluding ortho intramolecular Hbond substituents is 1. The number of carbonyl (C=O) groups is 1. The molecule has 0 bridgehead atoms. The number of nitrogens with one attached hydrogen (secondary N) is 1. The van der Waals surface area contributed by atoms with Crippen LogP contribution in [0.3, 0.4) is 0 Å². The molecule has 0 saturated heterocycles. The molecule has 2 fully saturated rings. The van der Waals surface area contributed by atoms with Crippen LogP contribution in [0.25, 0.3) is 0 Å². The highest BCUT2D eigenvalue weighted by Gasteiger charge is 2.64. The quantitative estimate of drug-likeness (QED) is 0.558. The van der Waals surface area contributed by atoms with Crippen molar-refractivity contribution in [3.8, 4) is 5.75 Å². The van der Waals surface area contributed by atoms with Gasteiger partial charge < -0.3 is 5.11 Å². The van der Waals surface area contributed by atoms with Crippen molar-refractivity contribution in [2.75, 3.05) is 0 Å². The van der Waals surface area contributed by atoms with Crippen molar-refractivity contribution >= 4 is 44.0 Å². The highest BCUT2D eigenvalue weighted by molar-refractivity contribution is 9.11. The number of hydrogen-bond donors (Lipinski definition) is 2. The Hall–Kier alpha value is -0.880. The fraction of sp³-hybridized carbons (Fsp3) is 0.500. The normalized spacial score (nSPS) is 30.1. The number of hydrogen-bond acceptors (Lipinski definition) is 3. The Bertz CT molecular complexity index is 647. The average Bonchev–Trinajstić information content (AvgIpc) is 3.09. The number of hydrazone groups is 1. The largest absolute Gasteiger partial charge is 0.506 e. The van der Waals surface area contributed by atoms with E-state index < -0.39 is 0 Å². The first-order valence-electron chi connectivity index (χ1n) is 7.44. The lowest BCUT2D eigenvalue weighted by atomic mass is 9.90. The van der Waals surface area contributed by atoms with Crippen LogP contribution in [0, 0.1) is 17.3 Å². The summed E-state index contributed by atoms with van der Waals surface area (Å²) >= 11 is 6.63. The molecule has 0 aliphatic heterocycles. The zero-order chi connectivity index (χ0) is 15.9. The van der Waals surface area contributed by atoms with Gasteiger partial charge >= 0.3 is 0 Å². The second kappa shape index (κ2) is 5.96. The Kier molecular flexibility index (Phi) is 4.34. The molecule has 3 atom stereocenters. The van der Waals surface area contributed by atoms with Crippen molar-refractivity contribution in [1.29, 1.82) is 0 Å². The molecule has 22 heavy (non-hydrogen) atoms. The Labute approximate surface area is 146 Å². The SMILES string of the molecule is C[C@]12CCCC[C@@H]1[C@H]2C(=O)N/N=C\c1cc(Br)cc(Br)c1O. The molecule has 0 spiro atoms. The van der Waals surface area contributed by atoms with Crippen molar-refractivity contribution in [3.63, 3.8) is 0 Å². The molecule has 2 aliphatic carbocycles. The van der Waals surface area contributed by atoms with Crippen LogP contribution in [0.1, 0.15) is 38.2 Å². The van der Waals surface area contributed by atoms with E-state index in [2.05, 4.69) is 49.3 Å². The summed E-state index contributed by atoms with van der Waals surface area (Å²) in [7, 11) is 0. The maximum absolute atomic E-state index is 12.3. The van der Waals surface area contributed by atoms with E-state index in [9.17, 15) is 9.90 Å². The zero-order valence-electron chi connectivity index (χ0n) is 12.3. The molecule has 1 aromatic rings. The molecule has 1 aromatic carbocycles. The molecular formula is C16H18Br2N2O2. The summed E-state index contributed by atoms with van der Waals surface area (Å²) in [6, 6.07) is 3.49. The van der Waals surface area contributed by atoms with E-state index in [4.69, 9.17) is 0 Å². The fourth-order valence-electron chi connectivity index (χ4n) is 3.77. The maximum atomic E-state index is 12.3. The van der Waals surface area contributed by atoms with Gasteiger partial charge in [-0.05, 0) is 52.2 Å². The van der Waals surface area contributed by atoms with E-state index >= 15 is 0 Å². The minimum Gasteiger partial charge on any atom is -0.506 e. The van der Waals surface area contributed by atoms with Gasteiger partial charge in [-0.2, -0.15) is 5.10 Å². The number of benzene rings is 1. The van der Waals surface area contributed by atoms with Crippen molar-refractivity contribution in [1.82, 2.24) is 5.43 Å². The van der Waals surface area contributed by atoms with Crippen LogP contribution >= 0.6 is 31.9 Å². The molecule has 6 heteroatoms. The lowest BCUT2D eigenvalue weighted by molar-refractivity contribution is -0.123. The molecule has 118 valence electrons. The third-order valence-corrected chi connectivity index (χ3v) is 6.11. The first-order chi connectivity index (χ1) is 10.4. The molecule has 1 amide bonds. The standard InChI is InChI=1S/C16H18Br2N2O2/c1-16-5-3-2-4-11(16)13(16)15(22)20-19-8-9-6-10(17)7-12(18)14(9)21/h6-8,11,13,21H,2-5H2,1H3,(H,20,22)/b19-8-/t11-,13+,16+/m1/s1. The number of rotatable bonds is 3. The first kappa shape index (κ1) is 16.0. The van der Waals surface area contributed by atoms with Crippen LogP contribution in [0.5, 0.6) is 5.75 Å². The molecule has 2 aliphatic rings. The summed E-state index contributed by atoms with van der Waals surface area (Å²) in [6.45, 7) is 2.21. The summed E-state index contributed by atoms with van der Waals surface area (Å²) in [5, 5.41) is 14.0. The van der Waals surface area contributed by atoms with E-state index in [-0.39, 0.29) is 23.0 Å². The predicted octanol–water partition coefficient (Wildman–Crippen LogP) is 4.19. The number of nitrogens with zero attached hydrogens (tertiary/aromatic N) is 1. The molecule has 0 heterocycles. The Morgan fingerprint density at radius 1 is 1.45 bits per heavy atom. The van der Waals surface area contributed by atoms with Gasteiger partial charge in [0.2, 0.25) is 5.91 Å². The van der Waals surface area contributed by atoms with Crippen LogP contribution in [0.15, 0.2) is 26.2 Å². The maximum Gasteiger partial charge on any atom is 0.244 e. The van der Waals surface area contributed by atoms with E-state index in [0.29, 0.717) is 16.0 Å². The fourth-order valence-corrected chi connectivity index (χ4v) is 5.03. The molecule has 0 radical (unpaired) electrons. The van der Waals surface area contributed by atoms with Crippen LogP contribution in [0.2, 0.25) is 0 Å². The van der Waals surface area contributed by atoms with Gasteiger partial charge in [0.25, 0.3) is 0 Å². The summed E-state index contributed by atoms with van der Waals surface area (Å²) < 4.78 is 1.40. The minimum atomic E-state index is -0.000739. The van der Waals surface area contributed by atoms with Crippen LogP contribution in [-0.4, -0.2) is 17.2 Å². The second-order valence-electron chi connectivity index (χ2n) is 6.40. The zero-order valence-corrected chi connectivity index (χ0v) is 15.4. The van der Waals surface area contributed by atoms with Gasteiger partial charge in [-0.25, -0.2) is 5.43 Å². The molecule has 4 nitrogen and oxygen atoms in total. The highest BCUT2D eigenvalue weighted by Crippen LogP contribution is 2.66. The van der Waals surface area contributed by atoms with E-state index in [1.165, 1.54) is 19.1 Å². The molecule has 0 aromatic heterocycles. The minimum absolute atomic E-state index is 0.000739. The summed E-state index contributed by atoms with van der Waals surface area (Å²) in [6.07, 6.45) is 6.21. The Morgan fingerprint density at radius 3 is 2.91 bits per heavy atom. The third-order valence-electron chi connectivity index (χ3n) is 5.05. The number of phenols is 1. The first-order valence-corrected chi connectivity index (χ1v) is 9.03. The number of fused-ring (bicyclic) bond motifs is 1. The van der Waals surface area contributed by atoms with E-state index in [1.807, 2.05) is 0 Å². The van der Waals surface area contributed by atoms with Gasteiger partial charge in [0.05, 0.1) is 10.7 Å². The molecular weight excluding hydrogens is 412 g/mol. The predicted molar refractivity (Wildman–Crippen MR) is 92.8 cm³/mol. The smallest absolute Gasteiger partial charge is 0.244 e. The van der Waals surface area contributed by atoms with Crippen molar-refractivity contribution < 1.29 is 9.90 Å². The van der Waals surface area contributed by atoms with E-state index in [0.717, 1.165) is 17.3 Å². The summed E-state index contributed by atoms with van der Waals surface area (Å²) in [5.74, 6) is 0.715. The summed E-state index contributed by atoms with van der Waals surface area (Å²) in [5.41, 5.74) is 3.35. The summed E-state index contributed by atoms with van der Waals surface area (Å²) in [4.78, 5) is 12.3. The van der Waals surface area contributed by atoms with Crippen molar-refractivity contribution in [2.45, 2.75) is 32.6 Å². The lowest BCUT2D eigenvalue weighted by Crippen LogP contribution is -2.22. The van der Waals surface area contributed by atoms with Gasteiger partial charge in [-0.3, -0.25) is 4.79 Å². The van der Waals surface area contributed by atoms with Gasteiger partial charge in [-0.15, -0.1) is 0 Å². The van der Waals surface area contributed by atoms with Gasteiger partial charge in [0.15, 0.2) is 0 Å². The van der Waals surface area contributed by atoms with E-state index in [1.54, 1.807) is 12.1 Å². The monoisotopic (exact) mass is 428 g/mol. The topological polar surface area (TPSA) is 61.7 Å². The number of carbonyl (C=O) groups excluding carboxylic acids is 1. The third kappa shape index (κ3) is 2.83. The second-order valence-corrected chi connectivity index (χ2v) is 8.17. The molecule has 3 rings (SSSR count). The number of halogens is 2. The average molecular weight is 430 g/mol. The van der Waals surface area contributed by atoms with Gasteiger partial charge in [-0.1, -0.05) is 35.7 Å². The number of aromatic hydroxyl groups is 1.